The molecule has 1 aliphatic heterocycles. The first-order valence-corrected chi connectivity index (χ1v) is 9.74. The number of imide groups is 1. The summed E-state index contributed by atoms with van der Waals surface area (Å²) in [6, 6.07) is 7.80. The molecule has 0 saturated carbocycles. The molecule has 1 aliphatic rings. The molecule has 1 fully saturated rings. The SMILES string of the molecule is CCCNC(=O)NC(=O)C[NH+]1CCC[C@H](c2nc3ccccc3s2)C1. The van der Waals surface area contributed by atoms with Crippen molar-refractivity contribution in [1.29, 1.82) is 0 Å². The van der Waals surface area contributed by atoms with Gasteiger partial charge in [0, 0.05) is 6.54 Å². The van der Waals surface area contributed by atoms with Gasteiger partial charge in [-0.2, -0.15) is 0 Å². The standard InChI is InChI=1S/C18H24N4O2S/c1-2-9-19-18(24)21-16(23)12-22-10-5-6-13(11-22)17-20-14-7-3-4-8-15(14)25-17/h3-4,7-8,13H,2,5-6,9-12H2,1H3,(H2,19,21,23,24)/p+1/t13-/m0/s1. The molecule has 1 saturated heterocycles. The number of thiazole rings is 1. The van der Waals surface area contributed by atoms with Crippen LogP contribution in [0.2, 0.25) is 0 Å². The quantitative estimate of drug-likeness (QED) is 0.751. The van der Waals surface area contributed by atoms with Gasteiger partial charge in [0.15, 0.2) is 6.54 Å². The Kier molecular flexibility index (Phi) is 5.99. The number of aromatic nitrogens is 1. The Hall–Kier alpha value is -1.99. The van der Waals surface area contributed by atoms with Crippen molar-refractivity contribution >= 4 is 33.5 Å². The van der Waals surface area contributed by atoms with Crippen molar-refractivity contribution in [3.63, 3.8) is 0 Å². The third kappa shape index (κ3) is 4.76. The summed E-state index contributed by atoms with van der Waals surface area (Å²) in [4.78, 5) is 29.6. The van der Waals surface area contributed by atoms with Crippen molar-refractivity contribution in [2.24, 2.45) is 0 Å². The lowest BCUT2D eigenvalue weighted by Crippen LogP contribution is -3.14. The van der Waals surface area contributed by atoms with Gasteiger partial charge in [-0.1, -0.05) is 19.1 Å². The number of fused-ring (bicyclic) bond motifs is 1. The van der Waals surface area contributed by atoms with Crippen molar-refractivity contribution in [3.05, 3.63) is 29.3 Å². The smallest absolute Gasteiger partial charge is 0.321 e. The number of carbonyl (C=O) groups is 2. The number of quaternary nitrogens is 1. The van der Waals surface area contributed by atoms with Crippen LogP contribution >= 0.6 is 11.3 Å². The largest absolute Gasteiger partial charge is 0.338 e. The van der Waals surface area contributed by atoms with E-state index >= 15 is 0 Å². The fourth-order valence-corrected chi connectivity index (χ4v) is 4.37. The van der Waals surface area contributed by atoms with Crippen LogP contribution in [0.5, 0.6) is 0 Å². The molecular weight excluding hydrogens is 336 g/mol. The summed E-state index contributed by atoms with van der Waals surface area (Å²) in [6.07, 6.45) is 3.04. The number of hydrogen-bond donors (Lipinski definition) is 3. The summed E-state index contributed by atoms with van der Waals surface area (Å²) in [6.45, 7) is 4.74. The van der Waals surface area contributed by atoms with E-state index < -0.39 is 6.03 Å². The average molecular weight is 361 g/mol. The minimum absolute atomic E-state index is 0.214. The van der Waals surface area contributed by atoms with Gasteiger partial charge in [0.25, 0.3) is 5.91 Å². The second-order valence-electron chi connectivity index (χ2n) is 6.54. The van der Waals surface area contributed by atoms with Gasteiger partial charge in [0.1, 0.15) is 5.01 Å². The molecule has 25 heavy (non-hydrogen) atoms. The van der Waals surface area contributed by atoms with E-state index in [4.69, 9.17) is 4.98 Å². The highest BCUT2D eigenvalue weighted by Gasteiger charge is 2.28. The van der Waals surface area contributed by atoms with Gasteiger partial charge in [-0.05, 0) is 31.4 Å². The molecule has 3 rings (SSSR count). The van der Waals surface area contributed by atoms with Crippen LogP contribution < -0.4 is 15.5 Å². The van der Waals surface area contributed by atoms with Crippen LogP contribution in [0.15, 0.2) is 24.3 Å². The van der Waals surface area contributed by atoms with Crippen molar-refractivity contribution < 1.29 is 14.5 Å². The molecule has 7 heteroatoms. The molecule has 0 aliphatic carbocycles. The van der Waals surface area contributed by atoms with Crippen LogP contribution in [-0.4, -0.2) is 43.1 Å². The molecule has 0 spiro atoms. The zero-order valence-corrected chi connectivity index (χ0v) is 15.3. The summed E-state index contributed by atoms with van der Waals surface area (Å²) in [5.74, 6) is 0.177. The van der Waals surface area contributed by atoms with Gasteiger partial charge < -0.3 is 10.2 Å². The molecule has 1 aromatic heterocycles. The maximum absolute atomic E-state index is 12.1. The molecule has 3 amide bonds. The zero-order valence-electron chi connectivity index (χ0n) is 14.5. The van der Waals surface area contributed by atoms with Crippen molar-refractivity contribution in [3.8, 4) is 0 Å². The summed E-state index contributed by atoms with van der Waals surface area (Å²) in [5, 5.41) is 6.24. The number of carbonyl (C=O) groups excluding carboxylic acids is 2. The molecule has 2 atom stereocenters. The fraction of sp³-hybridized carbons (Fsp3) is 0.500. The van der Waals surface area contributed by atoms with Crippen LogP contribution in [0.3, 0.4) is 0 Å². The molecule has 1 unspecified atom stereocenters. The van der Waals surface area contributed by atoms with Gasteiger partial charge in [-0.3, -0.25) is 10.1 Å². The number of hydrogen-bond acceptors (Lipinski definition) is 4. The number of nitrogens with zero attached hydrogens (tertiary/aromatic N) is 1. The van der Waals surface area contributed by atoms with E-state index in [-0.39, 0.29) is 5.91 Å². The van der Waals surface area contributed by atoms with Crippen LogP contribution in [0.25, 0.3) is 10.2 Å². The Morgan fingerprint density at radius 3 is 3.00 bits per heavy atom. The number of urea groups is 1. The van der Waals surface area contributed by atoms with Crippen molar-refractivity contribution in [2.75, 3.05) is 26.2 Å². The Balaban J connectivity index is 1.55. The number of amides is 3. The Labute approximate surface area is 151 Å². The first kappa shape index (κ1) is 17.8. The van der Waals surface area contributed by atoms with E-state index in [1.54, 1.807) is 11.3 Å². The minimum Gasteiger partial charge on any atom is -0.338 e. The van der Waals surface area contributed by atoms with Gasteiger partial charge in [-0.15, -0.1) is 11.3 Å². The summed E-state index contributed by atoms with van der Waals surface area (Å²) >= 11 is 1.76. The Bertz CT molecular complexity index is 713. The number of para-hydroxylation sites is 1. The van der Waals surface area contributed by atoms with E-state index in [0.29, 0.717) is 19.0 Å². The molecule has 1 aromatic carbocycles. The molecule has 0 radical (unpaired) electrons. The van der Waals surface area contributed by atoms with Gasteiger partial charge >= 0.3 is 6.03 Å². The number of rotatable bonds is 5. The lowest BCUT2D eigenvalue weighted by atomic mass is 9.99. The van der Waals surface area contributed by atoms with Crippen LogP contribution in [-0.2, 0) is 4.79 Å². The predicted octanol–water partition coefficient (Wildman–Crippen LogP) is 1.29. The van der Waals surface area contributed by atoms with E-state index in [2.05, 4.69) is 16.7 Å². The minimum atomic E-state index is -0.397. The van der Waals surface area contributed by atoms with Crippen molar-refractivity contribution in [2.45, 2.75) is 32.1 Å². The third-order valence-corrected chi connectivity index (χ3v) is 5.68. The summed E-state index contributed by atoms with van der Waals surface area (Å²) in [5.41, 5.74) is 1.06. The second kappa shape index (κ2) is 8.40. The second-order valence-corrected chi connectivity index (χ2v) is 7.61. The lowest BCUT2D eigenvalue weighted by Gasteiger charge is -2.28. The first-order chi connectivity index (χ1) is 12.2. The first-order valence-electron chi connectivity index (χ1n) is 8.92. The number of likely N-dealkylation sites (tertiary alicyclic amines) is 1. The van der Waals surface area contributed by atoms with E-state index in [1.165, 1.54) is 14.6 Å². The number of nitrogens with one attached hydrogen (secondary N) is 3. The molecule has 0 bridgehead atoms. The van der Waals surface area contributed by atoms with Crippen LogP contribution in [0.1, 0.15) is 37.1 Å². The van der Waals surface area contributed by atoms with Gasteiger partial charge in [0.05, 0.1) is 29.2 Å². The van der Waals surface area contributed by atoms with Crippen molar-refractivity contribution in [1.82, 2.24) is 15.6 Å². The summed E-state index contributed by atoms with van der Waals surface area (Å²) in [7, 11) is 0. The number of benzene rings is 1. The fourth-order valence-electron chi connectivity index (χ4n) is 3.27. The molecule has 134 valence electrons. The van der Waals surface area contributed by atoms with Gasteiger partial charge in [-0.25, -0.2) is 9.78 Å². The molecule has 2 heterocycles. The number of piperidine rings is 1. The predicted molar refractivity (Wildman–Crippen MR) is 99.0 cm³/mol. The highest BCUT2D eigenvalue weighted by molar-refractivity contribution is 7.18. The molecule has 6 nitrogen and oxygen atoms in total. The highest BCUT2D eigenvalue weighted by Crippen LogP contribution is 2.30. The van der Waals surface area contributed by atoms with Crippen LogP contribution in [0, 0.1) is 0 Å². The Morgan fingerprint density at radius 2 is 2.20 bits per heavy atom. The van der Waals surface area contributed by atoms with E-state index in [1.807, 2.05) is 25.1 Å². The molecular formula is C18H25N4O2S+. The maximum atomic E-state index is 12.1. The van der Waals surface area contributed by atoms with Gasteiger partial charge in [0.2, 0.25) is 0 Å². The molecule has 2 aromatic rings. The topological polar surface area (TPSA) is 75.5 Å². The average Bonchev–Trinajstić information content (AvgIpc) is 3.04. The van der Waals surface area contributed by atoms with E-state index in [0.717, 1.165) is 37.9 Å². The van der Waals surface area contributed by atoms with E-state index in [9.17, 15) is 9.59 Å². The highest BCUT2D eigenvalue weighted by atomic mass is 32.1. The monoisotopic (exact) mass is 361 g/mol. The molecule has 3 N–H and O–H groups in total. The summed E-state index contributed by atoms with van der Waals surface area (Å²) < 4.78 is 1.22. The lowest BCUT2D eigenvalue weighted by molar-refractivity contribution is -0.898. The third-order valence-electron chi connectivity index (χ3n) is 4.48. The zero-order chi connectivity index (χ0) is 17.6. The maximum Gasteiger partial charge on any atom is 0.321 e. The van der Waals surface area contributed by atoms with Crippen LogP contribution in [0.4, 0.5) is 4.79 Å². The Morgan fingerprint density at radius 1 is 1.36 bits per heavy atom. The normalized spacial score (nSPS) is 20.4.